The average molecular weight is 808 g/mol. The molecule has 0 aliphatic heterocycles. The van der Waals surface area contributed by atoms with Crippen LogP contribution in [0.3, 0.4) is 0 Å². The van der Waals surface area contributed by atoms with Crippen molar-refractivity contribution in [2.24, 2.45) is 0 Å². The van der Waals surface area contributed by atoms with E-state index in [9.17, 15) is 0 Å². The highest BCUT2D eigenvalue weighted by Gasteiger charge is 2.46. The quantitative estimate of drug-likeness (QED) is 0.155. The number of anilines is 3. The molecule has 12 rings (SSSR count). The van der Waals surface area contributed by atoms with Gasteiger partial charge >= 0.3 is 0 Å². The molecule has 0 heterocycles. The van der Waals surface area contributed by atoms with Gasteiger partial charge in [0.15, 0.2) is 0 Å². The molecule has 63 heavy (non-hydrogen) atoms. The highest BCUT2D eigenvalue weighted by atomic mass is 15.1. The first-order valence-electron chi connectivity index (χ1n) is 22.7. The first kappa shape index (κ1) is 37.5. The molecule has 9 aromatic carbocycles. The highest BCUT2D eigenvalue weighted by Crippen LogP contribution is 2.58. The van der Waals surface area contributed by atoms with Crippen LogP contribution in [0, 0.1) is 0 Å². The fourth-order valence-corrected chi connectivity index (χ4v) is 11.6. The minimum atomic E-state index is -0.510. The number of nitrogens with zero attached hydrogens (tertiary/aromatic N) is 1. The van der Waals surface area contributed by atoms with Crippen molar-refractivity contribution < 1.29 is 0 Å². The standard InChI is InChI=1S/C62H49N/c1-61(2)56-31-16-14-29-52(56)55-40-54(44-35-33-43(34-36-44)50-30-18-20-42-19-12-13-27-49(42)50)60(41-58(55)61)63(47-25-10-5-11-26-47)48-37-38-53-51-28-15-17-32-57(51)62(59(53)39-48,45-21-6-3-7-22-45)46-23-8-4-9-24-46/h3-11,14-18,20-26,28-41H,12-13,19,27H2,1-2H3. The van der Waals surface area contributed by atoms with Crippen molar-refractivity contribution in [1.29, 1.82) is 0 Å². The summed E-state index contributed by atoms with van der Waals surface area (Å²) in [6, 6.07) is 80.0. The Morgan fingerprint density at radius 2 is 0.921 bits per heavy atom. The minimum Gasteiger partial charge on any atom is -0.310 e. The molecule has 0 bridgehead atoms. The lowest BCUT2D eigenvalue weighted by Crippen LogP contribution is -2.28. The molecule has 0 spiro atoms. The van der Waals surface area contributed by atoms with Crippen LogP contribution in [0.15, 0.2) is 212 Å². The van der Waals surface area contributed by atoms with E-state index in [1.54, 1.807) is 0 Å². The van der Waals surface area contributed by atoms with Gasteiger partial charge in [0.2, 0.25) is 0 Å². The maximum Gasteiger partial charge on any atom is 0.0714 e. The van der Waals surface area contributed by atoms with E-state index in [0.29, 0.717) is 0 Å². The van der Waals surface area contributed by atoms with E-state index in [4.69, 9.17) is 0 Å². The van der Waals surface area contributed by atoms with E-state index in [1.807, 2.05) is 0 Å². The lowest BCUT2D eigenvalue weighted by molar-refractivity contribution is 0.660. The summed E-state index contributed by atoms with van der Waals surface area (Å²) in [6.07, 6.45) is 4.88. The Bertz CT molecular complexity index is 3140. The highest BCUT2D eigenvalue weighted by molar-refractivity contribution is 5.96. The number of hydrogen-bond acceptors (Lipinski definition) is 1. The second-order valence-corrected chi connectivity index (χ2v) is 18.2. The predicted octanol–water partition coefficient (Wildman–Crippen LogP) is 16.0. The van der Waals surface area contributed by atoms with Crippen molar-refractivity contribution in [3.05, 3.63) is 257 Å². The first-order chi connectivity index (χ1) is 31.0. The van der Waals surface area contributed by atoms with Crippen molar-refractivity contribution in [2.75, 3.05) is 4.90 Å². The van der Waals surface area contributed by atoms with Crippen LogP contribution in [-0.4, -0.2) is 0 Å². The summed E-state index contributed by atoms with van der Waals surface area (Å²) in [5.74, 6) is 0. The Hall–Kier alpha value is -7.22. The third kappa shape index (κ3) is 5.76. The van der Waals surface area contributed by atoms with Gasteiger partial charge in [-0.05, 0) is 146 Å². The van der Waals surface area contributed by atoms with Crippen LogP contribution in [0.2, 0.25) is 0 Å². The van der Waals surface area contributed by atoms with Gasteiger partial charge < -0.3 is 4.90 Å². The molecule has 1 nitrogen and oxygen atoms in total. The number of fused-ring (bicyclic) bond motifs is 7. The molecule has 0 amide bonds. The first-order valence-corrected chi connectivity index (χ1v) is 22.7. The number of hydrogen-bond donors (Lipinski definition) is 0. The topological polar surface area (TPSA) is 3.24 Å². The van der Waals surface area contributed by atoms with Crippen molar-refractivity contribution >= 4 is 17.1 Å². The second-order valence-electron chi connectivity index (χ2n) is 18.2. The SMILES string of the molecule is CC1(C)c2ccccc2-c2cc(-c3ccc(-c4cccc5c4CCCC5)cc3)c(N(c3ccccc3)c3ccc4c(c3)C(c3ccccc3)(c3ccccc3)c3ccccc3-4)cc21. The normalized spacial score (nSPS) is 14.8. The summed E-state index contributed by atoms with van der Waals surface area (Å²) in [5.41, 5.74) is 24.0. The summed E-state index contributed by atoms with van der Waals surface area (Å²) >= 11 is 0. The van der Waals surface area contributed by atoms with Crippen LogP contribution < -0.4 is 4.90 Å². The van der Waals surface area contributed by atoms with Gasteiger partial charge in [0.1, 0.15) is 0 Å². The molecular formula is C62H49N. The number of rotatable bonds is 7. The molecule has 0 fully saturated rings. The molecule has 0 saturated heterocycles. The Balaban J connectivity index is 1.11. The van der Waals surface area contributed by atoms with Crippen molar-refractivity contribution in [3.8, 4) is 44.5 Å². The van der Waals surface area contributed by atoms with Crippen LogP contribution in [0.25, 0.3) is 44.5 Å². The van der Waals surface area contributed by atoms with Gasteiger partial charge in [-0.3, -0.25) is 0 Å². The van der Waals surface area contributed by atoms with Gasteiger partial charge in [-0.2, -0.15) is 0 Å². The van der Waals surface area contributed by atoms with Gasteiger partial charge in [0, 0.05) is 22.4 Å². The maximum atomic E-state index is 2.53. The molecule has 9 aromatic rings. The zero-order valence-corrected chi connectivity index (χ0v) is 36.0. The molecule has 3 aliphatic rings. The zero-order chi connectivity index (χ0) is 42.1. The summed E-state index contributed by atoms with van der Waals surface area (Å²) in [4.78, 5) is 2.53. The summed E-state index contributed by atoms with van der Waals surface area (Å²) in [7, 11) is 0. The summed E-state index contributed by atoms with van der Waals surface area (Å²) in [5, 5.41) is 0. The third-order valence-corrected chi connectivity index (χ3v) is 14.6. The Morgan fingerprint density at radius 3 is 1.62 bits per heavy atom. The number of para-hydroxylation sites is 1. The largest absolute Gasteiger partial charge is 0.310 e. The average Bonchev–Trinajstić information content (AvgIpc) is 3.77. The van der Waals surface area contributed by atoms with Crippen LogP contribution in [0.4, 0.5) is 17.1 Å². The smallest absolute Gasteiger partial charge is 0.0714 e. The molecule has 0 unspecified atom stereocenters. The molecular weight excluding hydrogens is 759 g/mol. The van der Waals surface area contributed by atoms with Crippen molar-refractivity contribution in [2.45, 2.75) is 50.4 Å². The Labute approximate surface area is 372 Å². The molecule has 0 aromatic heterocycles. The molecule has 302 valence electrons. The summed E-state index contributed by atoms with van der Waals surface area (Å²) < 4.78 is 0. The zero-order valence-electron chi connectivity index (χ0n) is 36.0. The molecule has 3 aliphatic carbocycles. The Kier molecular flexibility index (Phi) is 8.76. The number of aryl methyl sites for hydroxylation is 1. The van der Waals surface area contributed by atoms with Crippen LogP contribution in [0.1, 0.15) is 71.2 Å². The van der Waals surface area contributed by atoms with Gasteiger partial charge in [-0.15, -0.1) is 0 Å². The van der Waals surface area contributed by atoms with Crippen LogP contribution >= 0.6 is 0 Å². The molecule has 0 N–H and O–H groups in total. The molecule has 0 radical (unpaired) electrons. The Morgan fingerprint density at radius 1 is 0.365 bits per heavy atom. The van der Waals surface area contributed by atoms with Crippen LogP contribution in [0.5, 0.6) is 0 Å². The third-order valence-electron chi connectivity index (χ3n) is 14.6. The van der Waals surface area contributed by atoms with E-state index < -0.39 is 5.41 Å². The lowest BCUT2D eigenvalue weighted by atomic mass is 9.67. The predicted molar refractivity (Wildman–Crippen MR) is 264 cm³/mol. The van der Waals surface area contributed by atoms with Gasteiger partial charge in [-0.1, -0.05) is 190 Å². The van der Waals surface area contributed by atoms with Gasteiger partial charge in [0.05, 0.1) is 11.1 Å². The second kappa shape index (κ2) is 14.7. The van der Waals surface area contributed by atoms with Crippen molar-refractivity contribution in [1.82, 2.24) is 0 Å². The van der Waals surface area contributed by atoms with E-state index in [2.05, 4.69) is 231 Å². The molecule has 1 heteroatoms. The van der Waals surface area contributed by atoms with E-state index in [-0.39, 0.29) is 5.41 Å². The van der Waals surface area contributed by atoms with Crippen LogP contribution in [-0.2, 0) is 23.7 Å². The van der Waals surface area contributed by atoms with E-state index >= 15 is 0 Å². The van der Waals surface area contributed by atoms with E-state index in [0.717, 1.165) is 17.8 Å². The van der Waals surface area contributed by atoms with Crippen molar-refractivity contribution in [3.63, 3.8) is 0 Å². The van der Waals surface area contributed by atoms with E-state index in [1.165, 1.54) is 114 Å². The summed E-state index contributed by atoms with van der Waals surface area (Å²) in [6.45, 7) is 4.79. The monoisotopic (exact) mass is 807 g/mol. The molecule has 0 saturated carbocycles. The van der Waals surface area contributed by atoms with Gasteiger partial charge in [-0.25, -0.2) is 0 Å². The molecule has 0 atom stereocenters. The minimum absolute atomic E-state index is 0.173. The fraction of sp³-hybridized carbons (Fsp3) is 0.129. The fourth-order valence-electron chi connectivity index (χ4n) is 11.6. The van der Waals surface area contributed by atoms with Gasteiger partial charge in [0.25, 0.3) is 0 Å². The maximum absolute atomic E-state index is 2.53. The number of benzene rings is 9. The lowest BCUT2D eigenvalue weighted by Gasteiger charge is -2.35.